The fourth-order valence-electron chi connectivity index (χ4n) is 2.30. The number of hydrogen-bond acceptors (Lipinski definition) is 4. The summed E-state index contributed by atoms with van der Waals surface area (Å²) in [6.45, 7) is 9.86. The van der Waals surface area contributed by atoms with Crippen LogP contribution in [0.15, 0.2) is 29.6 Å². The Morgan fingerprint density at radius 2 is 2.09 bits per heavy atom. The van der Waals surface area contributed by atoms with Gasteiger partial charge in [-0.2, -0.15) is 0 Å². The van der Waals surface area contributed by atoms with E-state index in [9.17, 15) is 0 Å². The third-order valence-electron chi connectivity index (χ3n) is 3.62. The summed E-state index contributed by atoms with van der Waals surface area (Å²) in [7, 11) is 0. The molecular weight excluding hydrogens is 292 g/mol. The normalized spacial score (nSPS) is 13.1. The Morgan fingerprint density at radius 1 is 1.32 bits per heavy atom. The lowest BCUT2D eigenvalue weighted by atomic mass is 9.93. The Balaban J connectivity index is 2.15. The molecule has 1 atom stereocenters. The minimum Gasteiger partial charge on any atom is -0.494 e. The summed E-state index contributed by atoms with van der Waals surface area (Å²) in [5, 5.41) is 3.29. The Bertz CT molecular complexity index is 601. The van der Waals surface area contributed by atoms with Crippen LogP contribution in [0.1, 0.15) is 49.9 Å². The predicted octanol–water partition coefficient (Wildman–Crippen LogP) is 4.12. The molecular formula is C18H26N2OS. The molecule has 0 saturated heterocycles. The van der Waals surface area contributed by atoms with Crippen LogP contribution < -0.4 is 10.5 Å². The van der Waals surface area contributed by atoms with Gasteiger partial charge in [-0.1, -0.05) is 32.9 Å². The van der Waals surface area contributed by atoms with Crippen LogP contribution in [0.4, 0.5) is 0 Å². The van der Waals surface area contributed by atoms with Gasteiger partial charge in [-0.25, -0.2) is 4.98 Å². The lowest BCUT2D eigenvalue weighted by Gasteiger charge is -2.16. The Hall–Kier alpha value is -1.39. The fraction of sp³-hybridized carbons (Fsp3) is 0.500. The third kappa shape index (κ3) is 4.31. The van der Waals surface area contributed by atoms with Gasteiger partial charge in [-0.3, -0.25) is 0 Å². The molecule has 2 rings (SSSR count). The van der Waals surface area contributed by atoms with E-state index < -0.39 is 0 Å². The van der Waals surface area contributed by atoms with Crippen LogP contribution in [0, 0.1) is 0 Å². The molecule has 3 nitrogen and oxygen atoms in total. The monoisotopic (exact) mass is 318 g/mol. The van der Waals surface area contributed by atoms with Gasteiger partial charge in [0.15, 0.2) is 0 Å². The average Bonchev–Trinajstić information content (AvgIpc) is 2.95. The minimum absolute atomic E-state index is 0.0861. The molecule has 0 aliphatic carbocycles. The van der Waals surface area contributed by atoms with Crippen molar-refractivity contribution in [3.8, 4) is 5.75 Å². The van der Waals surface area contributed by atoms with Crippen molar-refractivity contribution in [2.45, 2.75) is 45.4 Å². The van der Waals surface area contributed by atoms with Gasteiger partial charge < -0.3 is 10.5 Å². The van der Waals surface area contributed by atoms with Crippen LogP contribution in [0.25, 0.3) is 0 Å². The van der Waals surface area contributed by atoms with E-state index in [0.717, 1.165) is 22.9 Å². The molecule has 0 aliphatic rings. The second kappa shape index (κ2) is 7.25. The van der Waals surface area contributed by atoms with Gasteiger partial charge in [0.05, 0.1) is 17.3 Å². The number of nitrogens with two attached hydrogens (primary N) is 1. The Morgan fingerprint density at radius 3 is 2.68 bits per heavy atom. The zero-order chi connectivity index (χ0) is 16.2. The van der Waals surface area contributed by atoms with E-state index in [0.29, 0.717) is 13.2 Å². The van der Waals surface area contributed by atoms with Crippen molar-refractivity contribution in [3.63, 3.8) is 0 Å². The van der Waals surface area contributed by atoms with E-state index in [1.807, 2.05) is 19.1 Å². The number of ether oxygens (including phenoxy) is 1. The molecule has 0 fully saturated rings. The van der Waals surface area contributed by atoms with Gasteiger partial charge in [0.25, 0.3) is 0 Å². The number of benzene rings is 1. The first-order chi connectivity index (χ1) is 10.4. The second-order valence-corrected chi connectivity index (χ2v) is 7.43. The summed E-state index contributed by atoms with van der Waals surface area (Å²) in [5.41, 5.74) is 8.48. The van der Waals surface area contributed by atoms with E-state index >= 15 is 0 Å². The standard InChI is InChI=1S/C18H26N2OS/c1-5-21-15-8-6-7-13(10-15)9-14(11-19)17-20-16(12-22-17)18(2,3)4/h6-8,10,12,14H,5,9,11,19H2,1-4H3. The molecule has 0 amide bonds. The largest absolute Gasteiger partial charge is 0.494 e. The maximum Gasteiger partial charge on any atom is 0.119 e. The molecule has 2 aromatic rings. The summed E-state index contributed by atoms with van der Waals surface area (Å²) in [5.74, 6) is 1.18. The van der Waals surface area contributed by atoms with Crippen molar-refractivity contribution in [2.75, 3.05) is 13.2 Å². The van der Waals surface area contributed by atoms with Gasteiger partial charge in [0.1, 0.15) is 5.75 Å². The molecule has 1 aromatic carbocycles. The summed E-state index contributed by atoms with van der Waals surface area (Å²) in [6.07, 6.45) is 0.897. The van der Waals surface area contributed by atoms with E-state index in [2.05, 4.69) is 38.3 Å². The topological polar surface area (TPSA) is 48.1 Å². The molecule has 1 heterocycles. The van der Waals surface area contributed by atoms with Gasteiger partial charge in [-0.05, 0) is 31.0 Å². The average molecular weight is 318 g/mol. The molecule has 120 valence electrons. The maximum atomic E-state index is 6.00. The van der Waals surface area contributed by atoms with Gasteiger partial charge in [0.2, 0.25) is 0 Å². The van der Waals surface area contributed by atoms with Crippen LogP contribution in [-0.4, -0.2) is 18.1 Å². The third-order valence-corrected chi connectivity index (χ3v) is 4.62. The molecule has 0 aliphatic heterocycles. The number of aromatic nitrogens is 1. The van der Waals surface area contributed by atoms with Crippen LogP contribution >= 0.6 is 11.3 Å². The lowest BCUT2D eigenvalue weighted by Crippen LogP contribution is -2.16. The van der Waals surface area contributed by atoms with Crippen LogP contribution in [-0.2, 0) is 11.8 Å². The number of thiazole rings is 1. The van der Waals surface area contributed by atoms with E-state index in [1.54, 1.807) is 11.3 Å². The molecule has 2 N–H and O–H groups in total. The highest BCUT2D eigenvalue weighted by Gasteiger charge is 2.21. The maximum absolute atomic E-state index is 6.00. The second-order valence-electron chi connectivity index (χ2n) is 6.54. The molecule has 0 radical (unpaired) electrons. The van der Waals surface area contributed by atoms with Gasteiger partial charge in [0, 0.05) is 23.3 Å². The highest BCUT2D eigenvalue weighted by Crippen LogP contribution is 2.29. The molecule has 4 heteroatoms. The zero-order valence-electron chi connectivity index (χ0n) is 13.9. The predicted molar refractivity (Wildman–Crippen MR) is 93.9 cm³/mol. The summed E-state index contributed by atoms with van der Waals surface area (Å²) in [6, 6.07) is 8.26. The molecule has 1 unspecified atom stereocenters. The Kier molecular flexibility index (Phi) is 5.59. The minimum atomic E-state index is 0.0861. The zero-order valence-corrected chi connectivity index (χ0v) is 14.7. The Labute approximate surface area is 137 Å². The molecule has 0 saturated carbocycles. The molecule has 22 heavy (non-hydrogen) atoms. The van der Waals surface area contributed by atoms with E-state index in [1.165, 1.54) is 5.56 Å². The first-order valence-corrected chi connectivity index (χ1v) is 8.69. The highest BCUT2D eigenvalue weighted by atomic mass is 32.1. The quantitative estimate of drug-likeness (QED) is 0.871. The van der Waals surface area contributed by atoms with E-state index in [4.69, 9.17) is 15.5 Å². The van der Waals surface area contributed by atoms with Crippen LogP contribution in [0.2, 0.25) is 0 Å². The first kappa shape index (κ1) is 17.0. The smallest absolute Gasteiger partial charge is 0.119 e. The molecule has 0 spiro atoms. The molecule has 1 aromatic heterocycles. The first-order valence-electron chi connectivity index (χ1n) is 7.81. The van der Waals surface area contributed by atoms with Crippen molar-refractivity contribution in [3.05, 3.63) is 45.9 Å². The summed E-state index contributed by atoms with van der Waals surface area (Å²) < 4.78 is 5.57. The van der Waals surface area contributed by atoms with Crippen molar-refractivity contribution in [1.29, 1.82) is 0 Å². The number of rotatable bonds is 6. The molecule has 0 bridgehead atoms. The number of nitrogens with zero attached hydrogens (tertiary/aromatic N) is 1. The van der Waals surface area contributed by atoms with Crippen LogP contribution in [0.5, 0.6) is 5.75 Å². The van der Waals surface area contributed by atoms with Crippen molar-refractivity contribution < 1.29 is 4.74 Å². The van der Waals surface area contributed by atoms with E-state index in [-0.39, 0.29) is 11.3 Å². The van der Waals surface area contributed by atoms with Crippen molar-refractivity contribution in [2.24, 2.45) is 5.73 Å². The van der Waals surface area contributed by atoms with Crippen molar-refractivity contribution >= 4 is 11.3 Å². The summed E-state index contributed by atoms with van der Waals surface area (Å²) in [4.78, 5) is 4.81. The summed E-state index contributed by atoms with van der Waals surface area (Å²) >= 11 is 1.72. The van der Waals surface area contributed by atoms with Gasteiger partial charge in [-0.15, -0.1) is 11.3 Å². The van der Waals surface area contributed by atoms with Crippen molar-refractivity contribution in [1.82, 2.24) is 4.98 Å². The lowest BCUT2D eigenvalue weighted by molar-refractivity contribution is 0.340. The SMILES string of the molecule is CCOc1cccc(CC(CN)c2nc(C(C)(C)C)cs2)c1. The number of hydrogen-bond donors (Lipinski definition) is 1. The van der Waals surface area contributed by atoms with Gasteiger partial charge >= 0.3 is 0 Å². The highest BCUT2D eigenvalue weighted by molar-refractivity contribution is 7.09. The van der Waals surface area contributed by atoms with Crippen LogP contribution in [0.3, 0.4) is 0 Å². The fourth-order valence-corrected chi connectivity index (χ4v) is 3.47.